The van der Waals surface area contributed by atoms with Crippen LogP contribution in [0.3, 0.4) is 0 Å². The Balaban J connectivity index is 1.84. The number of primary sulfonamides is 1. The molecule has 0 atom stereocenters. The minimum absolute atomic E-state index is 0.315. The Morgan fingerprint density at radius 1 is 1.35 bits per heavy atom. The fourth-order valence-electron chi connectivity index (χ4n) is 2.28. The first-order valence-electron chi connectivity index (χ1n) is 6.68. The average molecular weight is 335 g/mol. The van der Waals surface area contributed by atoms with E-state index in [-0.39, 0.29) is 0 Å². The quantitative estimate of drug-likeness (QED) is 0.749. The van der Waals surface area contributed by atoms with E-state index in [0.29, 0.717) is 12.1 Å². The molecule has 0 fully saturated rings. The number of pyridine rings is 1. The smallest absolute Gasteiger partial charge is 0.240 e. The minimum atomic E-state index is -4.06. The molecule has 0 unspecified atom stereocenters. The van der Waals surface area contributed by atoms with Crippen LogP contribution < -0.4 is 10.5 Å². The van der Waals surface area contributed by atoms with Crippen LogP contribution in [0.5, 0.6) is 0 Å². The number of nitrogens with zero attached hydrogens (tertiary/aromatic N) is 3. The number of sulfonamides is 1. The molecule has 2 heterocycles. The molecule has 0 amide bonds. The second-order valence-electron chi connectivity index (χ2n) is 5.03. The van der Waals surface area contributed by atoms with Crippen molar-refractivity contribution in [2.75, 3.05) is 5.32 Å². The van der Waals surface area contributed by atoms with E-state index in [1.165, 1.54) is 6.07 Å². The van der Waals surface area contributed by atoms with Crippen LogP contribution >= 0.6 is 0 Å². The van der Waals surface area contributed by atoms with Gasteiger partial charge in [-0.25, -0.2) is 22.9 Å². The van der Waals surface area contributed by atoms with Gasteiger partial charge in [-0.3, -0.25) is 4.68 Å². The van der Waals surface area contributed by atoms with Gasteiger partial charge >= 0.3 is 0 Å². The number of nitrogens with one attached hydrogen (secondary N) is 1. The van der Waals surface area contributed by atoms with Gasteiger partial charge in [0.2, 0.25) is 10.0 Å². The van der Waals surface area contributed by atoms with Crippen molar-refractivity contribution in [2.24, 2.45) is 12.2 Å². The number of hydrogen-bond donors (Lipinski definition) is 2. The largest absolute Gasteiger partial charge is 0.380 e. The third-order valence-corrected chi connectivity index (χ3v) is 4.37. The highest BCUT2D eigenvalue weighted by molar-refractivity contribution is 7.89. The summed E-state index contributed by atoms with van der Waals surface area (Å²) in [7, 11) is -2.27. The number of anilines is 1. The van der Waals surface area contributed by atoms with Crippen LogP contribution in [0, 0.1) is 5.82 Å². The van der Waals surface area contributed by atoms with E-state index in [2.05, 4.69) is 15.4 Å². The van der Waals surface area contributed by atoms with Gasteiger partial charge in [0.1, 0.15) is 10.7 Å². The highest BCUT2D eigenvalue weighted by atomic mass is 32.2. The maximum atomic E-state index is 13.8. The van der Waals surface area contributed by atoms with Crippen molar-refractivity contribution in [3.63, 3.8) is 0 Å². The molecule has 0 bridgehead atoms. The number of benzene rings is 1. The summed E-state index contributed by atoms with van der Waals surface area (Å²) in [5.41, 5.74) is 2.12. The van der Waals surface area contributed by atoms with Gasteiger partial charge in [-0.2, -0.15) is 5.10 Å². The van der Waals surface area contributed by atoms with Crippen molar-refractivity contribution in [2.45, 2.75) is 11.4 Å². The third-order valence-electron chi connectivity index (χ3n) is 3.42. The van der Waals surface area contributed by atoms with Crippen molar-refractivity contribution in [3.8, 4) is 0 Å². The van der Waals surface area contributed by atoms with Crippen LogP contribution in [-0.2, 0) is 23.6 Å². The number of aromatic nitrogens is 3. The van der Waals surface area contributed by atoms with Crippen LogP contribution in [-0.4, -0.2) is 23.2 Å². The zero-order chi connectivity index (χ0) is 16.6. The van der Waals surface area contributed by atoms with Gasteiger partial charge < -0.3 is 5.32 Å². The van der Waals surface area contributed by atoms with E-state index in [1.807, 2.05) is 0 Å². The fraction of sp³-hybridized carbons (Fsp3) is 0.143. The summed E-state index contributed by atoms with van der Waals surface area (Å²) in [6, 6.07) is 5.61. The van der Waals surface area contributed by atoms with Crippen LogP contribution in [0.25, 0.3) is 11.0 Å². The van der Waals surface area contributed by atoms with Crippen LogP contribution in [0.15, 0.2) is 41.6 Å². The molecule has 0 saturated heterocycles. The van der Waals surface area contributed by atoms with Gasteiger partial charge in [-0.05, 0) is 23.8 Å². The van der Waals surface area contributed by atoms with Crippen molar-refractivity contribution >= 4 is 26.7 Å². The Morgan fingerprint density at radius 2 is 2.13 bits per heavy atom. The van der Waals surface area contributed by atoms with E-state index in [1.54, 1.807) is 30.2 Å². The topological polar surface area (TPSA) is 103 Å². The first-order valence-corrected chi connectivity index (χ1v) is 8.23. The van der Waals surface area contributed by atoms with Crippen molar-refractivity contribution in [1.82, 2.24) is 14.8 Å². The predicted molar refractivity (Wildman–Crippen MR) is 83.6 cm³/mol. The molecule has 2 aromatic heterocycles. The summed E-state index contributed by atoms with van der Waals surface area (Å²) in [4.78, 5) is 3.71. The lowest BCUT2D eigenvalue weighted by Crippen LogP contribution is -2.14. The lowest BCUT2D eigenvalue weighted by atomic mass is 10.2. The molecule has 120 valence electrons. The molecule has 3 rings (SSSR count). The number of rotatable bonds is 4. The summed E-state index contributed by atoms with van der Waals surface area (Å²) in [5.74, 6) is -0.868. The molecule has 0 saturated carbocycles. The van der Waals surface area contributed by atoms with Gasteiger partial charge in [-0.1, -0.05) is 6.07 Å². The highest BCUT2D eigenvalue weighted by Crippen LogP contribution is 2.22. The molecule has 7 nitrogen and oxygen atoms in total. The molecule has 0 spiro atoms. The maximum absolute atomic E-state index is 13.8. The molecule has 0 aliphatic heterocycles. The fourth-order valence-corrected chi connectivity index (χ4v) is 2.87. The zero-order valence-corrected chi connectivity index (χ0v) is 13.0. The lowest BCUT2D eigenvalue weighted by molar-refractivity contribution is 0.567. The van der Waals surface area contributed by atoms with E-state index in [9.17, 15) is 12.8 Å². The molecule has 3 aromatic rings. The third kappa shape index (κ3) is 3.01. The second-order valence-corrected chi connectivity index (χ2v) is 6.56. The Hall–Kier alpha value is -2.52. The molecular weight excluding hydrogens is 321 g/mol. The number of halogens is 1. The highest BCUT2D eigenvalue weighted by Gasteiger charge is 2.14. The molecule has 23 heavy (non-hydrogen) atoms. The number of aryl methyl sites for hydroxylation is 1. The number of nitrogens with two attached hydrogens (primary N) is 1. The first-order chi connectivity index (χ1) is 10.9. The molecule has 3 N–H and O–H groups in total. The molecule has 0 aliphatic carbocycles. The second kappa shape index (κ2) is 5.60. The summed E-state index contributed by atoms with van der Waals surface area (Å²) in [5, 5.41) is 13.1. The Morgan fingerprint density at radius 3 is 2.83 bits per heavy atom. The van der Waals surface area contributed by atoms with E-state index in [4.69, 9.17) is 5.14 Å². The standard InChI is InChI=1S/C14H14FN5O2S/c1-20-14-10(8-19-20)12(4-5-17-14)18-7-9-2-3-13(11(15)6-9)23(16,21)22/h2-6,8H,7H2,1H3,(H,17,18)(H2,16,21,22). The molecule has 0 radical (unpaired) electrons. The molecule has 1 aromatic carbocycles. The van der Waals surface area contributed by atoms with Gasteiger partial charge in [-0.15, -0.1) is 0 Å². The Labute approximate surface area is 132 Å². The van der Waals surface area contributed by atoms with Gasteiger partial charge in [0.25, 0.3) is 0 Å². The van der Waals surface area contributed by atoms with Gasteiger partial charge in [0, 0.05) is 25.5 Å². The lowest BCUT2D eigenvalue weighted by Gasteiger charge is -2.09. The summed E-state index contributed by atoms with van der Waals surface area (Å²) in [6.07, 6.45) is 3.34. The van der Waals surface area contributed by atoms with Gasteiger partial charge in [0.05, 0.1) is 11.6 Å². The monoisotopic (exact) mass is 335 g/mol. The Bertz CT molecular complexity index is 984. The first kappa shape index (κ1) is 15.4. The maximum Gasteiger partial charge on any atom is 0.240 e. The number of hydrogen-bond acceptors (Lipinski definition) is 5. The van der Waals surface area contributed by atoms with E-state index >= 15 is 0 Å². The van der Waals surface area contributed by atoms with Crippen LogP contribution in [0.1, 0.15) is 5.56 Å². The summed E-state index contributed by atoms with van der Waals surface area (Å²) >= 11 is 0. The summed E-state index contributed by atoms with van der Waals surface area (Å²) < 4.78 is 37.9. The molecular formula is C14H14FN5O2S. The normalized spacial score (nSPS) is 11.8. The number of fused-ring (bicyclic) bond motifs is 1. The van der Waals surface area contributed by atoms with Crippen molar-refractivity contribution in [3.05, 3.63) is 48.0 Å². The average Bonchev–Trinajstić information content (AvgIpc) is 2.86. The summed E-state index contributed by atoms with van der Waals surface area (Å²) in [6.45, 7) is 0.315. The molecule has 0 aliphatic rings. The molecule has 9 heteroatoms. The van der Waals surface area contributed by atoms with E-state index < -0.39 is 20.7 Å². The Kier molecular flexibility index (Phi) is 3.74. The van der Waals surface area contributed by atoms with Crippen molar-refractivity contribution < 1.29 is 12.8 Å². The predicted octanol–water partition coefficient (Wildman–Crippen LogP) is 1.37. The van der Waals surface area contributed by atoms with Gasteiger partial charge in [0.15, 0.2) is 5.65 Å². The zero-order valence-electron chi connectivity index (χ0n) is 12.2. The van der Waals surface area contributed by atoms with Crippen LogP contribution in [0.4, 0.5) is 10.1 Å². The minimum Gasteiger partial charge on any atom is -0.380 e. The van der Waals surface area contributed by atoms with E-state index in [0.717, 1.165) is 28.9 Å². The van der Waals surface area contributed by atoms with Crippen LogP contribution in [0.2, 0.25) is 0 Å². The SMILES string of the molecule is Cn1ncc2c(NCc3ccc(S(N)(=O)=O)c(F)c3)ccnc21. The van der Waals surface area contributed by atoms with Crippen molar-refractivity contribution in [1.29, 1.82) is 0 Å².